The van der Waals surface area contributed by atoms with Gasteiger partial charge in [0.05, 0.1) is 5.69 Å². The lowest BCUT2D eigenvalue weighted by molar-refractivity contribution is -0.139. The Hall–Kier alpha value is -3.38. The SMILES string of the molecule is CC[C@H](C)NC(=O)[C@H](C)N(Cc1ccccc1Cl)C(=O)CN1C(=O)c2cccc3cccc1c23. The fourth-order valence-electron chi connectivity index (χ4n) is 4.22. The minimum Gasteiger partial charge on any atom is -0.352 e. The van der Waals surface area contributed by atoms with Crippen LogP contribution in [-0.4, -0.2) is 41.2 Å². The second-order valence-electron chi connectivity index (χ2n) is 8.68. The number of nitrogens with one attached hydrogen (secondary N) is 1. The molecule has 0 unspecified atom stereocenters. The van der Waals surface area contributed by atoms with Gasteiger partial charge in [-0.15, -0.1) is 0 Å². The number of halogens is 1. The number of anilines is 1. The van der Waals surface area contributed by atoms with Crippen LogP contribution < -0.4 is 10.2 Å². The van der Waals surface area contributed by atoms with Crippen molar-refractivity contribution in [1.29, 1.82) is 0 Å². The lowest BCUT2D eigenvalue weighted by Crippen LogP contribution is -2.52. The quantitative estimate of drug-likeness (QED) is 0.507. The van der Waals surface area contributed by atoms with Crippen molar-refractivity contribution in [2.45, 2.75) is 45.8 Å². The summed E-state index contributed by atoms with van der Waals surface area (Å²) in [5.41, 5.74) is 2.03. The average molecular weight is 478 g/mol. The van der Waals surface area contributed by atoms with Crippen LogP contribution in [0.1, 0.15) is 43.1 Å². The lowest BCUT2D eigenvalue weighted by Gasteiger charge is -2.31. The standard InChI is InChI=1S/C27H28ClN3O3/c1-4-17(2)29-26(33)18(3)30(15-20-9-5-6-13-22(20)28)24(32)16-31-23-14-8-11-19-10-7-12-21(25(19)23)27(31)34/h5-14,17-18H,4,15-16H2,1-3H3,(H,29,33)/t17-,18-/m0/s1. The maximum atomic E-state index is 13.6. The van der Waals surface area contributed by atoms with Gasteiger partial charge in [0, 0.05) is 28.6 Å². The highest BCUT2D eigenvalue weighted by Crippen LogP contribution is 2.37. The van der Waals surface area contributed by atoms with Crippen molar-refractivity contribution < 1.29 is 14.4 Å². The molecule has 176 valence electrons. The summed E-state index contributed by atoms with van der Waals surface area (Å²) in [7, 11) is 0. The van der Waals surface area contributed by atoms with Gasteiger partial charge >= 0.3 is 0 Å². The number of carbonyl (C=O) groups is 3. The minimum atomic E-state index is -0.742. The molecule has 0 radical (unpaired) electrons. The molecule has 4 rings (SSSR count). The molecular formula is C27H28ClN3O3. The molecule has 3 aromatic carbocycles. The molecule has 0 saturated carbocycles. The van der Waals surface area contributed by atoms with E-state index in [4.69, 9.17) is 11.6 Å². The summed E-state index contributed by atoms with van der Waals surface area (Å²) in [4.78, 5) is 42.8. The Morgan fingerprint density at radius 1 is 1.03 bits per heavy atom. The Kier molecular flexibility index (Phi) is 6.89. The highest BCUT2D eigenvalue weighted by atomic mass is 35.5. The van der Waals surface area contributed by atoms with Gasteiger partial charge in [-0.25, -0.2) is 0 Å². The Labute approximate surface area is 204 Å². The summed E-state index contributed by atoms with van der Waals surface area (Å²) in [5.74, 6) is -0.785. The maximum absolute atomic E-state index is 13.6. The molecule has 0 aliphatic carbocycles. The van der Waals surface area contributed by atoms with Crippen LogP contribution in [0.3, 0.4) is 0 Å². The van der Waals surface area contributed by atoms with Crippen LogP contribution in [0.15, 0.2) is 60.7 Å². The van der Waals surface area contributed by atoms with Crippen molar-refractivity contribution in [2.24, 2.45) is 0 Å². The highest BCUT2D eigenvalue weighted by Gasteiger charge is 2.34. The number of hydrogen-bond donors (Lipinski definition) is 1. The van der Waals surface area contributed by atoms with E-state index < -0.39 is 6.04 Å². The van der Waals surface area contributed by atoms with Crippen LogP contribution in [0.4, 0.5) is 5.69 Å². The van der Waals surface area contributed by atoms with Gasteiger partial charge in [0.1, 0.15) is 12.6 Å². The van der Waals surface area contributed by atoms with Crippen LogP contribution in [0, 0.1) is 0 Å². The molecule has 2 atom stereocenters. The highest BCUT2D eigenvalue weighted by molar-refractivity contribution is 6.31. The molecule has 0 spiro atoms. The summed E-state index contributed by atoms with van der Waals surface area (Å²) in [6, 6.07) is 17.7. The molecule has 0 fully saturated rings. The largest absolute Gasteiger partial charge is 0.352 e. The van der Waals surface area contributed by atoms with E-state index in [1.54, 1.807) is 19.1 Å². The zero-order valence-corrected chi connectivity index (χ0v) is 20.3. The molecule has 7 heteroatoms. The maximum Gasteiger partial charge on any atom is 0.259 e. The van der Waals surface area contributed by atoms with Crippen LogP contribution in [0.25, 0.3) is 10.8 Å². The average Bonchev–Trinajstić information content (AvgIpc) is 3.11. The predicted molar refractivity (Wildman–Crippen MR) is 135 cm³/mol. The summed E-state index contributed by atoms with van der Waals surface area (Å²) in [6.45, 7) is 5.60. The van der Waals surface area contributed by atoms with Crippen LogP contribution in [0.2, 0.25) is 5.02 Å². The van der Waals surface area contributed by atoms with Gasteiger partial charge < -0.3 is 10.2 Å². The third kappa shape index (κ3) is 4.50. The zero-order valence-electron chi connectivity index (χ0n) is 19.5. The van der Waals surface area contributed by atoms with E-state index in [0.29, 0.717) is 16.3 Å². The first-order valence-corrected chi connectivity index (χ1v) is 11.9. The summed E-state index contributed by atoms with van der Waals surface area (Å²) in [6.07, 6.45) is 0.779. The van der Waals surface area contributed by atoms with Crippen molar-refractivity contribution in [3.05, 3.63) is 76.8 Å². The fourth-order valence-corrected chi connectivity index (χ4v) is 4.42. The Morgan fingerprint density at radius 3 is 2.44 bits per heavy atom. The Balaban J connectivity index is 1.63. The van der Waals surface area contributed by atoms with Crippen LogP contribution >= 0.6 is 11.6 Å². The molecule has 1 aliphatic heterocycles. The summed E-state index contributed by atoms with van der Waals surface area (Å²) < 4.78 is 0. The first kappa shape index (κ1) is 23.8. The molecule has 0 saturated heterocycles. The van der Waals surface area contributed by atoms with Gasteiger partial charge in [-0.1, -0.05) is 61.0 Å². The molecule has 0 aromatic heterocycles. The van der Waals surface area contributed by atoms with E-state index in [1.165, 1.54) is 9.80 Å². The molecule has 3 aromatic rings. The number of rotatable bonds is 8. The van der Waals surface area contributed by atoms with Gasteiger partial charge in [0.15, 0.2) is 0 Å². The van der Waals surface area contributed by atoms with E-state index in [1.807, 2.05) is 62.4 Å². The number of nitrogens with zero attached hydrogens (tertiary/aromatic N) is 2. The molecule has 1 N–H and O–H groups in total. The van der Waals surface area contributed by atoms with Gasteiger partial charge in [-0.05, 0) is 49.4 Å². The normalized spacial score (nSPS) is 14.2. The fraction of sp³-hybridized carbons (Fsp3) is 0.296. The third-order valence-electron chi connectivity index (χ3n) is 6.41. The van der Waals surface area contributed by atoms with Crippen molar-refractivity contribution >= 4 is 45.8 Å². The number of carbonyl (C=O) groups excluding carboxylic acids is 3. The molecule has 1 heterocycles. The molecule has 1 aliphatic rings. The van der Waals surface area contributed by atoms with E-state index in [0.717, 1.165) is 22.8 Å². The van der Waals surface area contributed by atoms with Crippen LogP contribution in [0.5, 0.6) is 0 Å². The minimum absolute atomic E-state index is 0.0144. The van der Waals surface area contributed by atoms with E-state index >= 15 is 0 Å². The van der Waals surface area contributed by atoms with Gasteiger partial charge in [0.25, 0.3) is 5.91 Å². The molecule has 34 heavy (non-hydrogen) atoms. The number of benzene rings is 3. The smallest absolute Gasteiger partial charge is 0.259 e. The van der Waals surface area contributed by atoms with Gasteiger partial charge in [-0.2, -0.15) is 0 Å². The summed E-state index contributed by atoms with van der Waals surface area (Å²) in [5, 5.41) is 5.27. The molecule has 3 amide bonds. The first-order chi connectivity index (χ1) is 16.3. The Morgan fingerprint density at radius 2 is 1.74 bits per heavy atom. The lowest BCUT2D eigenvalue weighted by atomic mass is 10.1. The van der Waals surface area contributed by atoms with E-state index in [2.05, 4.69) is 5.32 Å². The van der Waals surface area contributed by atoms with Gasteiger partial charge in [-0.3, -0.25) is 19.3 Å². The predicted octanol–water partition coefficient (Wildman–Crippen LogP) is 4.79. The van der Waals surface area contributed by atoms with Crippen molar-refractivity contribution in [3.8, 4) is 0 Å². The first-order valence-electron chi connectivity index (χ1n) is 11.5. The molecule has 6 nitrogen and oxygen atoms in total. The second kappa shape index (κ2) is 9.85. The molecule has 0 bridgehead atoms. The second-order valence-corrected chi connectivity index (χ2v) is 9.09. The zero-order chi connectivity index (χ0) is 24.4. The molecular weight excluding hydrogens is 450 g/mol. The van der Waals surface area contributed by atoms with Crippen LogP contribution in [-0.2, 0) is 16.1 Å². The number of amides is 3. The third-order valence-corrected chi connectivity index (χ3v) is 6.78. The van der Waals surface area contributed by atoms with Crippen molar-refractivity contribution in [3.63, 3.8) is 0 Å². The van der Waals surface area contributed by atoms with Gasteiger partial charge in [0.2, 0.25) is 11.8 Å². The van der Waals surface area contributed by atoms with E-state index in [9.17, 15) is 14.4 Å². The Bertz CT molecular complexity index is 1250. The number of hydrogen-bond acceptors (Lipinski definition) is 3. The monoisotopic (exact) mass is 477 g/mol. The van der Waals surface area contributed by atoms with Crippen molar-refractivity contribution in [1.82, 2.24) is 10.2 Å². The van der Waals surface area contributed by atoms with E-state index in [-0.39, 0.29) is 36.9 Å². The van der Waals surface area contributed by atoms with Crippen molar-refractivity contribution in [2.75, 3.05) is 11.4 Å². The summed E-state index contributed by atoms with van der Waals surface area (Å²) >= 11 is 6.37. The topological polar surface area (TPSA) is 69.7 Å².